The molecule has 0 aromatic heterocycles. The van der Waals surface area contributed by atoms with Crippen molar-refractivity contribution in [3.8, 4) is 0 Å². The van der Waals surface area contributed by atoms with E-state index in [0.717, 1.165) is 5.56 Å². The van der Waals surface area contributed by atoms with Gasteiger partial charge in [-0.1, -0.05) is 79.7 Å². The second kappa shape index (κ2) is 8.47. The summed E-state index contributed by atoms with van der Waals surface area (Å²) in [4.78, 5) is 11.5. The summed E-state index contributed by atoms with van der Waals surface area (Å²) < 4.78 is 0. The Hall–Kier alpha value is -0.630. The molecule has 0 amide bonds. The zero-order chi connectivity index (χ0) is 13.4. The average Bonchev–Trinajstić information content (AvgIpc) is 2.42. The molecular formula is C16H23BrO. The van der Waals surface area contributed by atoms with E-state index >= 15 is 0 Å². The van der Waals surface area contributed by atoms with Gasteiger partial charge in [0.15, 0.2) is 5.78 Å². The van der Waals surface area contributed by atoms with Crippen LogP contribution in [-0.2, 0) is 0 Å². The van der Waals surface area contributed by atoms with Crippen LogP contribution in [0.4, 0.5) is 0 Å². The van der Waals surface area contributed by atoms with Gasteiger partial charge in [0.1, 0.15) is 0 Å². The Morgan fingerprint density at radius 1 is 1.17 bits per heavy atom. The van der Waals surface area contributed by atoms with Gasteiger partial charge in [0, 0.05) is 5.56 Å². The number of unbranched alkanes of at least 4 members (excludes halogenated alkanes) is 3. The summed E-state index contributed by atoms with van der Waals surface area (Å²) in [5, 5.41) is 0.402. The molecule has 100 valence electrons. The highest BCUT2D eigenvalue weighted by atomic mass is 79.9. The van der Waals surface area contributed by atoms with Gasteiger partial charge >= 0.3 is 0 Å². The summed E-state index contributed by atoms with van der Waals surface area (Å²) in [6.07, 6.45) is 6.51. The van der Waals surface area contributed by atoms with Gasteiger partial charge < -0.3 is 0 Å². The van der Waals surface area contributed by atoms with Crippen LogP contribution in [0.1, 0.15) is 67.8 Å². The number of hydrogen-bond donors (Lipinski definition) is 0. The summed E-state index contributed by atoms with van der Waals surface area (Å²) in [5.74, 6) is 0.743. The quantitative estimate of drug-likeness (QED) is 0.360. The van der Waals surface area contributed by atoms with E-state index in [2.05, 4.69) is 41.9 Å². The summed E-state index contributed by atoms with van der Waals surface area (Å²) in [6.45, 7) is 4.51. The molecule has 0 aliphatic carbocycles. The number of ketones is 1. The maximum atomic E-state index is 11.5. The van der Waals surface area contributed by atoms with E-state index in [-0.39, 0.29) is 5.78 Å². The number of Topliss-reactive ketones (excluding diaryl/α,β-unsaturated/α-hetero) is 1. The predicted molar refractivity (Wildman–Crippen MR) is 81.7 cm³/mol. The van der Waals surface area contributed by atoms with Crippen molar-refractivity contribution in [1.29, 1.82) is 0 Å². The van der Waals surface area contributed by atoms with Crippen molar-refractivity contribution in [1.82, 2.24) is 0 Å². The first-order chi connectivity index (χ1) is 8.69. The summed E-state index contributed by atoms with van der Waals surface area (Å²) >= 11 is 3.20. The summed E-state index contributed by atoms with van der Waals surface area (Å²) in [7, 11) is 0. The van der Waals surface area contributed by atoms with E-state index in [9.17, 15) is 4.79 Å². The maximum Gasteiger partial charge on any atom is 0.173 e. The van der Waals surface area contributed by atoms with Crippen LogP contribution in [0.15, 0.2) is 24.3 Å². The van der Waals surface area contributed by atoms with Crippen molar-refractivity contribution in [2.24, 2.45) is 0 Å². The third-order valence-electron chi connectivity index (χ3n) is 3.41. The van der Waals surface area contributed by atoms with Gasteiger partial charge in [0.05, 0.1) is 5.33 Å². The van der Waals surface area contributed by atoms with Gasteiger partial charge in [0.2, 0.25) is 0 Å². The molecule has 0 saturated carbocycles. The van der Waals surface area contributed by atoms with Crippen LogP contribution >= 0.6 is 15.9 Å². The van der Waals surface area contributed by atoms with Crippen molar-refractivity contribution in [3.05, 3.63) is 35.4 Å². The highest BCUT2D eigenvalue weighted by Gasteiger charge is 2.07. The largest absolute Gasteiger partial charge is 0.293 e. The second-order valence-electron chi connectivity index (χ2n) is 4.93. The molecule has 0 spiro atoms. The van der Waals surface area contributed by atoms with Crippen molar-refractivity contribution in [2.75, 3.05) is 5.33 Å². The van der Waals surface area contributed by atoms with Gasteiger partial charge in [-0.3, -0.25) is 4.79 Å². The number of benzene rings is 1. The first kappa shape index (κ1) is 15.4. The molecule has 0 aliphatic rings. The minimum Gasteiger partial charge on any atom is -0.293 e. The zero-order valence-corrected chi connectivity index (χ0v) is 13.0. The fourth-order valence-corrected chi connectivity index (χ4v) is 2.44. The Balaban J connectivity index is 2.48. The van der Waals surface area contributed by atoms with E-state index in [1.54, 1.807) is 0 Å². The Morgan fingerprint density at radius 2 is 1.83 bits per heavy atom. The van der Waals surface area contributed by atoms with Crippen LogP contribution in [0.5, 0.6) is 0 Å². The molecule has 1 unspecified atom stereocenters. The van der Waals surface area contributed by atoms with Crippen LogP contribution in [0.3, 0.4) is 0 Å². The minimum atomic E-state index is 0.150. The normalized spacial score (nSPS) is 12.4. The fourth-order valence-electron chi connectivity index (χ4n) is 2.12. The van der Waals surface area contributed by atoms with E-state index in [0.29, 0.717) is 11.2 Å². The van der Waals surface area contributed by atoms with E-state index in [1.165, 1.54) is 37.7 Å². The van der Waals surface area contributed by atoms with Crippen LogP contribution in [0.2, 0.25) is 0 Å². The predicted octanol–water partition coefficient (Wildman–Crippen LogP) is 5.34. The number of alkyl halides is 1. The second-order valence-corrected chi connectivity index (χ2v) is 5.49. The molecular weight excluding hydrogens is 288 g/mol. The first-order valence-corrected chi connectivity index (χ1v) is 8.00. The Labute approximate surface area is 119 Å². The van der Waals surface area contributed by atoms with Gasteiger partial charge in [-0.2, -0.15) is 0 Å². The molecule has 1 atom stereocenters. The number of rotatable bonds is 8. The van der Waals surface area contributed by atoms with E-state index in [1.807, 2.05) is 12.1 Å². The molecule has 0 fully saturated rings. The molecule has 1 nitrogen and oxygen atoms in total. The smallest absolute Gasteiger partial charge is 0.173 e. The molecule has 1 rings (SSSR count). The highest BCUT2D eigenvalue weighted by Crippen LogP contribution is 2.22. The van der Waals surface area contributed by atoms with Gasteiger partial charge in [-0.15, -0.1) is 0 Å². The van der Waals surface area contributed by atoms with Crippen molar-refractivity contribution in [2.45, 2.75) is 51.9 Å². The Kier molecular flexibility index (Phi) is 7.26. The average molecular weight is 311 g/mol. The Bertz CT molecular complexity index is 356. The standard InChI is InChI=1S/C16H23BrO/c1-3-4-5-6-7-13(2)14-8-10-15(11-9-14)16(18)12-17/h8-11,13H,3-7,12H2,1-2H3. The van der Waals surface area contributed by atoms with Crippen molar-refractivity contribution >= 4 is 21.7 Å². The molecule has 0 aliphatic heterocycles. The number of halogens is 1. The van der Waals surface area contributed by atoms with Crippen molar-refractivity contribution in [3.63, 3.8) is 0 Å². The lowest BCUT2D eigenvalue weighted by atomic mass is 9.94. The van der Waals surface area contributed by atoms with E-state index < -0.39 is 0 Å². The SMILES string of the molecule is CCCCCCC(C)c1ccc(C(=O)CBr)cc1. The number of carbonyl (C=O) groups excluding carboxylic acids is 1. The first-order valence-electron chi connectivity index (χ1n) is 6.88. The molecule has 0 heterocycles. The van der Waals surface area contributed by atoms with Crippen LogP contribution in [-0.4, -0.2) is 11.1 Å². The molecule has 0 saturated heterocycles. The third-order valence-corrected chi connectivity index (χ3v) is 3.92. The molecule has 0 bridgehead atoms. The number of hydrogen-bond acceptors (Lipinski definition) is 1. The lowest BCUT2D eigenvalue weighted by Crippen LogP contribution is -2.01. The van der Waals surface area contributed by atoms with Crippen LogP contribution < -0.4 is 0 Å². The summed E-state index contributed by atoms with van der Waals surface area (Å²) in [5.41, 5.74) is 2.14. The highest BCUT2D eigenvalue weighted by molar-refractivity contribution is 9.09. The number of carbonyl (C=O) groups is 1. The van der Waals surface area contributed by atoms with Gasteiger partial charge in [-0.05, 0) is 17.9 Å². The molecule has 0 radical (unpaired) electrons. The molecule has 1 aromatic carbocycles. The minimum absolute atomic E-state index is 0.150. The van der Waals surface area contributed by atoms with Gasteiger partial charge in [0.25, 0.3) is 0 Å². The Morgan fingerprint density at radius 3 is 2.39 bits per heavy atom. The molecule has 18 heavy (non-hydrogen) atoms. The molecule has 2 heteroatoms. The topological polar surface area (TPSA) is 17.1 Å². The summed E-state index contributed by atoms with van der Waals surface area (Å²) in [6, 6.07) is 8.09. The monoisotopic (exact) mass is 310 g/mol. The third kappa shape index (κ3) is 4.93. The lowest BCUT2D eigenvalue weighted by Gasteiger charge is -2.12. The zero-order valence-electron chi connectivity index (χ0n) is 11.4. The lowest BCUT2D eigenvalue weighted by molar-refractivity contribution is 0.102. The fraction of sp³-hybridized carbons (Fsp3) is 0.562. The van der Waals surface area contributed by atoms with Gasteiger partial charge in [-0.25, -0.2) is 0 Å². The molecule has 0 N–H and O–H groups in total. The van der Waals surface area contributed by atoms with E-state index in [4.69, 9.17) is 0 Å². The van der Waals surface area contributed by atoms with Crippen LogP contribution in [0.25, 0.3) is 0 Å². The van der Waals surface area contributed by atoms with Crippen molar-refractivity contribution < 1.29 is 4.79 Å². The van der Waals surface area contributed by atoms with Crippen LogP contribution in [0, 0.1) is 0 Å². The molecule has 1 aromatic rings. The maximum absolute atomic E-state index is 11.5.